The Morgan fingerprint density at radius 1 is 1.41 bits per heavy atom. The summed E-state index contributed by atoms with van der Waals surface area (Å²) in [5.41, 5.74) is 1.89. The number of amides is 1. The number of carbonyl (C=O) groups is 1. The number of aliphatic imine (C=N–C) groups is 1. The first-order chi connectivity index (χ1) is 13.2. The Kier molecular flexibility index (Phi) is 7.06. The lowest BCUT2D eigenvalue weighted by Gasteiger charge is -2.22. The first kappa shape index (κ1) is 19.6. The number of ether oxygens (including phenoxy) is 2. The van der Waals surface area contributed by atoms with Gasteiger partial charge < -0.3 is 25.0 Å². The summed E-state index contributed by atoms with van der Waals surface area (Å²) < 4.78 is 10.7. The molecule has 0 aliphatic carbocycles. The molecule has 0 bridgehead atoms. The van der Waals surface area contributed by atoms with Crippen molar-refractivity contribution in [3.05, 3.63) is 29.8 Å². The highest BCUT2D eigenvalue weighted by Crippen LogP contribution is 2.18. The van der Waals surface area contributed by atoms with Crippen LogP contribution in [0.2, 0.25) is 0 Å². The van der Waals surface area contributed by atoms with E-state index in [-0.39, 0.29) is 12.0 Å². The highest BCUT2D eigenvalue weighted by Gasteiger charge is 2.25. The van der Waals surface area contributed by atoms with Gasteiger partial charge in [0.15, 0.2) is 5.96 Å². The summed E-state index contributed by atoms with van der Waals surface area (Å²) in [6, 6.07) is 7.89. The molecule has 148 valence electrons. The zero-order chi connectivity index (χ0) is 19.1. The van der Waals surface area contributed by atoms with Crippen LogP contribution in [0, 0.1) is 5.92 Å². The predicted octanol–water partition coefficient (Wildman–Crippen LogP) is 1.85. The van der Waals surface area contributed by atoms with E-state index in [0.717, 1.165) is 56.2 Å². The summed E-state index contributed by atoms with van der Waals surface area (Å²) in [5.74, 6) is 1.40. The quantitative estimate of drug-likeness (QED) is 0.587. The van der Waals surface area contributed by atoms with E-state index < -0.39 is 0 Å². The van der Waals surface area contributed by atoms with E-state index in [1.54, 1.807) is 7.11 Å². The molecule has 0 radical (unpaired) electrons. The van der Waals surface area contributed by atoms with Crippen LogP contribution in [-0.2, 0) is 20.8 Å². The zero-order valence-electron chi connectivity index (χ0n) is 16.2. The Bertz CT molecular complexity index is 658. The van der Waals surface area contributed by atoms with Gasteiger partial charge in [0.1, 0.15) is 6.10 Å². The van der Waals surface area contributed by atoms with Crippen LogP contribution in [0.1, 0.15) is 24.8 Å². The third kappa shape index (κ3) is 5.43. The normalized spacial score (nSPS) is 22.9. The topological polar surface area (TPSA) is 75.2 Å². The van der Waals surface area contributed by atoms with Gasteiger partial charge in [-0.3, -0.25) is 9.79 Å². The van der Waals surface area contributed by atoms with Crippen molar-refractivity contribution in [1.29, 1.82) is 0 Å². The summed E-state index contributed by atoms with van der Waals surface area (Å²) in [4.78, 5) is 18.9. The molecule has 7 nitrogen and oxygen atoms in total. The van der Waals surface area contributed by atoms with Gasteiger partial charge in [0.25, 0.3) is 5.91 Å². The number of hydrogen-bond acceptors (Lipinski definition) is 4. The average molecular weight is 374 g/mol. The van der Waals surface area contributed by atoms with Crippen molar-refractivity contribution in [3.8, 4) is 0 Å². The van der Waals surface area contributed by atoms with E-state index in [1.807, 2.05) is 31.3 Å². The number of nitrogens with one attached hydrogen (secondary N) is 2. The first-order valence-corrected chi connectivity index (χ1v) is 9.65. The van der Waals surface area contributed by atoms with Gasteiger partial charge in [0.05, 0.1) is 6.61 Å². The van der Waals surface area contributed by atoms with E-state index in [9.17, 15) is 4.79 Å². The lowest BCUT2D eigenvalue weighted by Crippen LogP contribution is -2.39. The van der Waals surface area contributed by atoms with E-state index in [4.69, 9.17) is 9.47 Å². The molecule has 0 aromatic heterocycles. The van der Waals surface area contributed by atoms with Crippen LogP contribution in [0.25, 0.3) is 0 Å². The minimum absolute atomic E-state index is 0.0605. The van der Waals surface area contributed by atoms with Crippen molar-refractivity contribution in [3.63, 3.8) is 0 Å². The minimum Gasteiger partial charge on any atom is -0.384 e. The Morgan fingerprint density at radius 3 is 3.04 bits per heavy atom. The summed E-state index contributed by atoms with van der Waals surface area (Å²) in [6.07, 6.45) is 2.55. The van der Waals surface area contributed by atoms with Crippen molar-refractivity contribution in [2.45, 2.75) is 31.9 Å². The van der Waals surface area contributed by atoms with Crippen LogP contribution in [0.15, 0.2) is 29.3 Å². The van der Waals surface area contributed by atoms with Gasteiger partial charge >= 0.3 is 0 Å². The largest absolute Gasteiger partial charge is 0.384 e. The third-order valence-corrected chi connectivity index (χ3v) is 5.07. The van der Waals surface area contributed by atoms with Gasteiger partial charge in [-0.1, -0.05) is 12.1 Å². The summed E-state index contributed by atoms with van der Waals surface area (Å²) in [5, 5.41) is 6.38. The maximum absolute atomic E-state index is 12.2. The van der Waals surface area contributed by atoms with Crippen LogP contribution in [0.3, 0.4) is 0 Å². The maximum Gasteiger partial charge on any atom is 0.253 e. The maximum atomic E-state index is 12.2. The van der Waals surface area contributed by atoms with Crippen molar-refractivity contribution in [2.24, 2.45) is 10.9 Å². The molecule has 2 aliphatic heterocycles. The molecule has 0 spiro atoms. The fraction of sp³-hybridized carbons (Fsp3) is 0.600. The van der Waals surface area contributed by atoms with E-state index in [1.165, 1.54) is 0 Å². The first-order valence-electron chi connectivity index (χ1n) is 9.65. The van der Waals surface area contributed by atoms with Gasteiger partial charge in [-0.15, -0.1) is 0 Å². The molecule has 0 saturated carbocycles. The van der Waals surface area contributed by atoms with Gasteiger partial charge in [-0.25, -0.2) is 0 Å². The predicted molar refractivity (Wildman–Crippen MR) is 106 cm³/mol. The van der Waals surface area contributed by atoms with Crippen LogP contribution in [0.4, 0.5) is 5.69 Å². The smallest absolute Gasteiger partial charge is 0.253 e. The van der Waals surface area contributed by atoms with Gasteiger partial charge in [-0.05, 0) is 37.0 Å². The second kappa shape index (κ2) is 9.71. The van der Waals surface area contributed by atoms with Gasteiger partial charge in [0.2, 0.25) is 0 Å². The number of likely N-dealkylation sites (tertiary alicyclic amines) is 1. The SMILES string of the molecule is CN=C(NCc1cccc(NC(=O)C2CCCO2)c1)N1CCC(COC)C1. The molecule has 2 N–H and O–H groups in total. The number of hydrogen-bond donors (Lipinski definition) is 2. The van der Waals surface area contributed by atoms with Crippen molar-refractivity contribution in [1.82, 2.24) is 10.2 Å². The standard InChI is InChI=1S/C20H30N4O3/c1-21-20(24-9-8-16(13-24)14-26-2)22-12-15-5-3-6-17(11-15)23-19(25)18-7-4-10-27-18/h3,5-6,11,16,18H,4,7-10,12-14H2,1-2H3,(H,21,22)(H,23,25). The summed E-state index contributed by atoms with van der Waals surface area (Å²) in [6.45, 7) is 4.07. The lowest BCUT2D eigenvalue weighted by molar-refractivity contribution is -0.124. The van der Waals surface area contributed by atoms with Crippen LogP contribution in [0.5, 0.6) is 0 Å². The molecule has 2 unspecified atom stereocenters. The molecule has 1 aromatic carbocycles. The summed E-state index contributed by atoms with van der Waals surface area (Å²) >= 11 is 0. The molecule has 27 heavy (non-hydrogen) atoms. The second-order valence-corrected chi connectivity index (χ2v) is 7.15. The molecule has 2 atom stereocenters. The Balaban J connectivity index is 1.52. The molecule has 1 amide bonds. The highest BCUT2D eigenvalue weighted by atomic mass is 16.5. The number of benzene rings is 1. The van der Waals surface area contributed by atoms with E-state index >= 15 is 0 Å². The molecular formula is C20H30N4O3. The number of guanidine groups is 1. The Morgan fingerprint density at radius 2 is 2.30 bits per heavy atom. The van der Waals surface area contributed by atoms with Gasteiger partial charge in [-0.2, -0.15) is 0 Å². The zero-order valence-corrected chi connectivity index (χ0v) is 16.2. The van der Waals surface area contributed by atoms with Crippen molar-refractivity contribution < 1.29 is 14.3 Å². The molecule has 2 fully saturated rings. The molecule has 7 heteroatoms. The van der Waals surface area contributed by atoms with Gasteiger partial charge in [0, 0.05) is 52.0 Å². The van der Waals surface area contributed by atoms with Crippen LogP contribution in [-0.4, -0.2) is 63.3 Å². The molecule has 2 aliphatic rings. The highest BCUT2D eigenvalue weighted by molar-refractivity contribution is 5.94. The number of carbonyl (C=O) groups excluding carboxylic acids is 1. The fourth-order valence-electron chi connectivity index (χ4n) is 3.68. The Labute approximate surface area is 161 Å². The number of anilines is 1. The lowest BCUT2D eigenvalue weighted by atomic mass is 10.1. The third-order valence-electron chi connectivity index (χ3n) is 5.07. The van der Waals surface area contributed by atoms with E-state index in [0.29, 0.717) is 19.1 Å². The van der Waals surface area contributed by atoms with Crippen LogP contribution >= 0.6 is 0 Å². The average Bonchev–Trinajstić information content (AvgIpc) is 3.35. The summed E-state index contributed by atoms with van der Waals surface area (Å²) in [7, 11) is 3.56. The van der Waals surface area contributed by atoms with Crippen LogP contribution < -0.4 is 10.6 Å². The van der Waals surface area contributed by atoms with Crippen molar-refractivity contribution >= 4 is 17.6 Å². The fourth-order valence-corrected chi connectivity index (χ4v) is 3.68. The molecule has 3 rings (SSSR count). The number of rotatable bonds is 6. The monoisotopic (exact) mass is 374 g/mol. The van der Waals surface area contributed by atoms with E-state index in [2.05, 4.69) is 20.5 Å². The second-order valence-electron chi connectivity index (χ2n) is 7.15. The molecule has 2 saturated heterocycles. The Hall–Kier alpha value is -2.12. The number of methoxy groups -OCH3 is 1. The molecular weight excluding hydrogens is 344 g/mol. The molecule has 1 aromatic rings. The van der Waals surface area contributed by atoms with Crippen molar-refractivity contribution in [2.75, 3.05) is 45.8 Å². The minimum atomic E-state index is -0.319. The number of nitrogens with zero attached hydrogens (tertiary/aromatic N) is 2. The molecule has 2 heterocycles.